The minimum atomic E-state index is 0.0826. The third-order valence-electron chi connectivity index (χ3n) is 2.47. The average Bonchev–Trinajstić information content (AvgIpc) is 2.30. The van der Waals surface area contributed by atoms with E-state index in [2.05, 4.69) is 29.1 Å². The van der Waals surface area contributed by atoms with Crippen LogP contribution >= 0.6 is 0 Å². The van der Waals surface area contributed by atoms with Gasteiger partial charge < -0.3 is 10.1 Å². The minimum absolute atomic E-state index is 0.0826. The van der Waals surface area contributed by atoms with Crippen LogP contribution in [0, 0.1) is 0 Å². The molecule has 0 aliphatic carbocycles. The molecule has 1 aromatic rings. The maximum Gasteiger partial charge on any atom is 0.131 e. The summed E-state index contributed by atoms with van der Waals surface area (Å²) in [5.41, 5.74) is 0.987. The van der Waals surface area contributed by atoms with E-state index in [4.69, 9.17) is 4.74 Å². The monoisotopic (exact) mass is 207 g/mol. The fourth-order valence-corrected chi connectivity index (χ4v) is 1.60. The van der Waals surface area contributed by atoms with Gasteiger partial charge in [0.2, 0.25) is 0 Å². The molecular weight excluding hydrogens is 190 g/mol. The molecule has 0 bridgehead atoms. The van der Waals surface area contributed by atoms with E-state index in [1.807, 2.05) is 12.3 Å². The summed E-state index contributed by atoms with van der Waals surface area (Å²) in [6, 6.07) is 1.93. The summed E-state index contributed by atoms with van der Waals surface area (Å²) < 4.78 is 5.65. The van der Waals surface area contributed by atoms with E-state index in [9.17, 15) is 0 Å². The number of nitrogens with one attached hydrogen (secondary N) is 1. The van der Waals surface area contributed by atoms with E-state index in [0.717, 1.165) is 31.2 Å². The van der Waals surface area contributed by atoms with E-state index >= 15 is 0 Å². The summed E-state index contributed by atoms with van der Waals surface area (Å²) in [7, 11) is 0. The maximum absolute atomic E-state index is 5.65. The molecule has 1 saturated heterocycles. The summed E-state index contributed by atoms with van der Waals surface area (Å²) in [5, 5.41) is 3.30. The summed E-state index contributed by atoms with van der Waals surface area (Å²) in [4.78, 5) is 8.77. The Morgan fingerprint density at radius 3 is 3.07 bits per heavy atom. The topological polar surface area (TPSA) is 47.0 Å². The van der Waals surface area contributed by atoms with Gasteiger partial charge in [0.05, 0.1) is 12.3 Å². The molecule has 15 heavy (non-hydrogen) atoms. The van der Waals surface area contributed by atoms with Gasteiger partial charge in [-0.15, -0.1) is 0 Å². The average molecular weight is 207 g/mol. The first-order valence-electron chi connectivity index (χ1n) is 5.42. The van der Waals surface area contributed by atoms with Crippen molar-refractivity contribution in [1.82, 2.24) is 15.3 Å². The summed E-state index contributed by atoms with van der Waals surface area (Å²) in [6.45, 7) is 6.72. The van der Waals surface area contributed by atoms with Crippen molar-refractivity contribution in [2.24, 2.45) is 0 Å². The standard InChI is InChI=1S/C11H17N3O/c1-8(2)11-13-4-3-9(14-11)10-7-12-5-6-15-10/h3-4,8,10,12H,5-7H2,1-2H3/t10-/m1/s1. The van der Waals surface area contributed by atoms with Crippen LogP contribution in [0.15, 0.2) is 12.3 Å². The van der Waals surface area contributed by atoms with E-state index in [0.29, 0.717) is 5.92 Å². The maximum atomic E-state index is 5.65. The third-order valence-corrected chi connectivity index (χ3v) is 2.47. The van der Waals surface area contributed by atoms with Crippen LogP contribution in [-0.4, -0.2) is 29.7 Å². The van der Waals surface area contributed by atoms with Crippen molar-refractivity contribution in [2.75, 3.05) is 19.7 Å². The predicted octanol–water partition coefficient (Wildman–Crippen LogP) is 1.26. The quantitative estimate of drug-likeness (QED) is 0.793. The van der Waals surface area contributed by atoms with E-state index in [1.165, 1.54) is 0 Å². The van der Waals surface area contributed by atoms with Gasteiger partial charge in [-0.1, -0.05) is 13.8 Å². The number of rotatable bonds is 2. The second-order valence-corrected chi connectivity index (χ2v) is 4.06. The first kappa shape index (κ1) is 10.5. The molecule has 82 valence electrons. The fraction of sp³-hybridized carbons (Fsp3) is 0.636. The lowest BCUT2D eigenvalue weighted by atomic mass is 10.2. The molecule has 4 heteroatoms. The fourth-order valence-electron chi connectivity index (χ4n) is 1.60. The molecule has 0 aromatic carbocycles. The van der Waals surface area contributed by atoms with Crippen LogP contribution < -0.4 is 5.32 Å². The number of aromatic nitrogens is 2. The summed E-state index contributed by atoms with van der Waals surface area (Å²) >= 11 is 0. The molecule has 0 unspecified atom stereocenters. The molecule has 0 saturated carbocycles. The highest BCUT2D eigenvalue weighted by molar-refractivity contribution is 5.08. The third kappa shape index (κ3) is 2.52. The minimum Gasteiger partial charge on any atom is -0.369 e. The van der Waals surface area contributed by atoms with Gasteiger partial charge in [0.15, 0.2) is 0 Å². The lowest BCUT2D eigenvalue weighted by molar-refractivity contribution is 0.0248. The molecule has 1 aromatic heterocycles. The van der Waals surface area contributed by atoms with E-state index < -0.39 is 0 Å². The Kier molecular flexibility index (Phi) is 3.28. The molecule has 0 amide bonds. The van der Waals surface area contributed by atoms with E-state index in [1.54, 1.807) is 0 Å². The lowest BCUT2D eigenvalue weighted by Crippen LogP contribution is -2.33. The highest BCUT2D eigenvalue weighted by atomic mass is 16.5. The molecule has 2 heterocycles. The van der Waals surface area contributed by atoms with Gasteiger partial charge in [0.25, 0.3) is 0 Å². The van der Waals surface area contributed by atoms with Crippen LogP contribution in [0.5, 0.6) is 0 Å². The van der Waals surface area contributed by atoms with Crippen LogP contribution in [0.3, 0.4) is 0 Å². The number of morpholine rings is 1. The highest BCUT2D eigenvalue weighted by Gasteiger charge is 2.17. The Bertz CT molecular complexity index is 321. The van der Waals surface area contributed by atoms with Crippen molar-refractivity contribution in [3.8, 4) is 0 Å². The van der Waals surface area contributed by atoms with Crippen LogP contribution in [-0.2, 0) is 4.74 Å². The number of hydrogen-bond acceptors (Lipinski definition) is 4. The van der Waals surface area contributed by atoms with Crippen LogP contribution in [0.1, 0.15) is 37.4 Å². The number of nitrogens with zero attached hydrogens (tertiary/aromatic N) is 2. The first-order valence-corrected chi connectivity index (χ1v) is 5.42. The summed E-state index contributed by atoms with van der Waals surface area (Å²) in [5.74, 6) is 1.25. The zero-order chi connectivity index (χ0) is 10.7. The van der Waals surface area contributed by atoms with Gasteiger partial charge in [-0.3, -0.25) is 0 Å². The van der Waals surface area contributed by atoms with E-state index in [-0.39, 0.29) is 6.10 Å². The van der Waals surface area contributed by atoms with Crippen molar-refractivity contribution in [2.45, 2.75) is 25.9 Å². The van der Waals surface area contributed by atoms with Gasteiger partial charge in [0.1, 0.15) is 11.9 Å². The van der Waals surface area contributed by atoms with Crippen molar-refractivity contribution >= 4 is 0 Å². The molecule has 1 N–H and O–H groups in total. The second-order valence-electron chi connectivity index (χ2n) is 4.06. The van der Waals surface area contributed by atoms with Crippen molar-refractivity contribution in [3.05, 3.63) is 23.8 Å². The van der Waals surface area contributed by atoms with Crippen LogP contribution in [0.25, 0.3) is 0 Å². The van der Waals surface area contributed by atoms with Crippen LogP contribution in [0.2, 0.25) is 0 Å². The van der Waals surface area contributed by atoms with Crippen molar-refractivity contribution in [1.29, 1.82) is 0 Å². The molecule has 0 spiro atoms. The van der Waals surface area contributed by atoms with Crippen LogP contribution in [0.4, 0.5) is 0 Å². The van der Waals surface area contributed by atoms with Gasteiger partial charge in [-0.25, -0.2) is 9.97 Å². The van der Waals surface area contributed by atoms with Crippen molar-refractivity contribution in [3.63, 3.8) is 0 Å². The second kappa shape index (κ2) is 4.68. The first-order chi connectivity index (χ1) is 7.27. The largest absolute Gasteiger partial charge is 0.369 e. The molecule has 1 aliphatic heterocycles. The smallest absolute Gasteiger partial charge is 0.131 e. The van der Waals surface area contributed by atoms with Gasteiger partial charge in [-0.2, -0.15) is 0 Å². The molecule has 2 rings (SSSR count). The number of ether oxygens (including phenoxy) is 1. The summed E-state index contributed by atoms with van der Waals surface area (Å²) in [6.07, 6.45) is 1.90. The van der Waals surface area contributed by atoms with Gasteiger partial charge >= 0.3 is 0 Å². The molecule has 1 aliphatic rings. The van der Waals surface area contributed by atoms with Gasteiger partial charge in [0, 0.05) is 25.2 Å². The lowest BCUT2D eigenvalue weighted by Gasteiger charge is -2.23. The number of hydrogen-bond donors (Lipinski definition) is 1. The Morgan fingerprint density at radius 2 is 2.40 bits per heavy atom. The highest BCUT2D eigenvalue weighted by Crippen LogP contribution is 2.17. The molecule has 4 nitrogen and oxygen atoms in total. The Balaban J connectivity index is 2.16. The Morgan fingerprint density at radius 1 is 1.53 bits per heavy atom. The Hall–Kier alpha value is -1.00. The molecule has 0 radical (unpaired) electrons. The SMILES string of the molecule is CC(C)c1nccc([C@H]2CNCCO2)n1. The molecule has 1 atom stereocenters. The normalized spacial score (nSPS) is 21.9. The van der Waals surface area contributed by atoms with Crippen molar-refractivity contribution < 1.29 is 4.74 Å². The molecular formula is C11H17N3O. The predicted molar refractivity (Wildman–Crippen MR) is 57.7 cm³/mol. The molecule has 1 fully saturated rings. The van der Waals surface area contributed by atoms with Gasteiger partial charge in [-0.05, 0) is 6.07 Å². The Labute approximate surface area is 90.1 Å². The zero-order valence-corrected chi connectivity index (χ0v) is 9.23. The zero-order valence-electron chi connectivity index (χ0n) is 9.23.